The van der Waals surface area contributed by atoms with E-state index < -0.39 is 0 Å². The third-order valence-corrected chi connectivity index (χ3v) is 3.13. The Kier molecular flexibility index (Phi) is 4.73. The molecule has 1 rings (SSSR count). The van der Waals surface area contributed by atoms with Gasteiger partial charge in [-0.2, -0.15) is 0 Å². The molecule has 4 nitrogen and oxygen atoms in total. The van der Waals surface area contributed by atoms with E-state index in [-0.39, 0.29) is 17.5 Å². The van der Waals surface area contributed by atoms with Gasteiger partial charge in [0.05, 0.1) is 0 Å². The van der Waals surface area contributed by atoms with Crippen LogP contribution in [-0.2, 0) is 4.79 Å². The number of anilines is 1. The lowest BCUT2D eigenvalue weighted by atomic mass is 10.1. The quantitative estimate of drug-likeness (QED) is 0.902. The monoisotopic (exact) mass is 313 g/mol. The van der Waals surface area contributed by atoms with E-state index >= 15 is 0 Å². The summed E-state index contributed by atoms with van der Waals surface area (Å²) in [5.74, 6) is 0.664. The van der Waals surface area contributed by atoms with Crippen LogP contribution in [0.25, 0.3) is 0 Å². The minimum atomic E-state index is -0.322. The number of carbonyl (C=O) groups excluding carboxylic acids is 1. The summed E-state index contributed by atoms with van der Waals surface area (Å²) < 4.78 is 0.958. The van der Waals surface area contributed by atoms with Crippen LogP contribution in [0.4, 0.5) is 5.82 Å². The molecule has 0 fully saturated rings. The van der Waals surface area contributed by atoms with Crippen LogP contribution < -0.4 is 10.6 Å². The first kappa shape index (κ1) is 15.0. The summed E-state index contributed by atoms with van der Waals surface area (Å²) in [5, 5.41) is 6.01. The average molecular weight is 314 g/mol. The summed E-state index contributed by atoms with van der Waals surface area (Å²) in [4.78, 5) is 16.1. The number of amides is 1. The Bertz CT molecular complexity index is 440. The third kappa shape index (κ3) is 4.64. The van der Waals surface area contributed by atoms with E-state index in [0.717, 1.165) is 10.0 Å². The van der Waals surface area contributed by atoms with Crippen LogP contribution in [0.2, 0.25) is 0 Å². The molecule has 1 aromatic heterocycles. The maximum absolute atomic E-state index is 11.9. The molecule has 0 bridgehead atoms. The van der Waals surface area contributed by atoms with Crippen LogP contribution in [0.5, 0.6) is 0 Å². The van der Waals surface area contributed by atoms with Crippen LogP contribution in [0, 0.1) is 6.92 Å². The minimum Gasteiger partial charge on any atom is -0.359 e. The Morgan fingerprint density at radius 1 is 1.44 bits per heavy atom. The maximum atomic E-state index is 11.9. The van der Waals surface area contributed by atoms with Gasteiger partial charge >= 0.3 is 0 Å². The normalized spacial score (nSPS) is 13.0. The smallest absolute Gasteiger partial charge is 0.242 e. The molecule has 100 valence electrons. The first-order valence-corrected chi connectivity index (χ1v) is 6.69. The van der Waals surface area contributed by atoms with Gasteiger partial charge in [-0.25, -0.2) is 4.98 Å². The molecule has 0 radical (unpaired) electrons. The van der Waals surface area contributed by atoms with Gasteiger partial charge in [0.25, 0.3) is 0 Å². The fraction of sp³-hybridized carbons (Fsp3) is 0.538. The number of nitrogens with zero attached hydrogens (tertiary/aromatic N) is 1. The van der Waals surface area contributed by atoms with Crippen molar-refractivity contribution in [2.24, 2.45) is 0 Å². The Labute approximate surface area is 117 Å². The van der Waals surface area contributed by atoms with Crippen molar-refractivity contribution in [3.63, 3.8) is 0 Å². The molecule has 5 heteroatoms. The van der Waals surface area contributed by atoms with Crippen molar-refractivity contribution < 1.29 is 4.79 Å². The number of hydrogen-bond acceptors (Lipinski definition) is 3. The van der Waals surface area contributed by atoms with Gasteiger partial charge in [-0.15, -0.1) is 0 Å². The van der Waals surface area contributed by atoms with Crippen LogP contribution in [0.15, 0.2) is 16.7 Å². The number of carbonyl (C=O) groups is 1. The predicted molar refractivity (Wildman–Crippen MR) is 77.7 cm³/mol. The van der Waals surface area contributed by atoms with Gasteiger partial charge in [0.15, 0.2) is 0 Å². The van der Waals surface area contributed by atoms with Crippen molar-refractivity contribution >= 4 is 27.7 Å². The van der Waals surface area contributed by atoms with Gasteiger partial charge in [0.1, 0.15) is 11.9 Å². The largest absolute Gasteiger partial charge is 0.359 e. The second-order valence-electron chi connectivity index (χ2n) is 5.42. The first-order valence-electron chi connectivity index (χ1n) is 5.90. The van der Waals surface area contributed by atoms with E-state index in [4.69, 9.17) is 0 Å². The van der Waals surface area contributed by atoms with Crippen molar-refractivity contribution in [2.45, 2.75) is 46.2 Å². The number of aryl methyl sites for hydroxylation is 1. The zero-order valence-electron chi connectivity index (χ0n) is 11.5. The fourth-order valence-electron chi connectivity index (χ4n) is 1.38. The fourth-order valence-corrected chi connectivity index (χ4v) is 1.60. The molecule has 0 aliphatic heterocycles. The second kappa shape index (κ2) is 5.69. The minimum absolute atomic E-state index is 0.0372. The topological polar surface area (TPSA) is 54.0 Å². The summed E-state index contributed by atoms with van der Waals surface area (Å²) >= 11 is 3.39. The van der Waals surface area contributed by atoms with Gasteiger partial charge in [-0.05, 0) is 62.2 Å². The van der Waals surface area contributed by atoms with Crippen molar-refractivity contribution in [3.8, 4) is 0 Å². The summed E-state index contributed by atoms with van der Waals surface area (Å²) in [6.45, 7) is 9.68. The summed E-state index contributed by atoms with van der Waals surface area (Å²) in [6, 6.07) is 1.59. The van der Waals surface area contributed by atoms with E-state index in [1.165, 1.54) is 0 Å². The molecule has 1 heterocycles. The molecular weight excluding hydrogens is 294 g/mol. The zero-order chi connectivity index (χ0) is 13.9. The third-order valence-electron chi connectivity index (χ3n) is 2.30. The van der Waals surface area contributed by atoms with Crippen molar-refractivity contribution in [1.82, 2.24) is 10.3 Å². The lowest BCUT2D eigenvalue weighted by molar-refractivity contribution is -0.122. The van der Waals surface area contributed by atoms with Gasteiger partial charge in [0, 0.05) is 16.2 Å². The highest BCUT2D eigenvalue weighted by molar-refractivity contribution is 9.10. The van der Waals surface area contributed by atoms with E-state index in [0.29, 0.717) is 5.82 Å². The Morgan fingerprint density at radius 3 is 2.56 bits per heavy atom. The highest BCUT2D eigenvalue weighted by atomic mass is 79.9. The number of nitrogens with one attached hydrogen (secondary N) is 2. The van der Waals surface area contributed by atoms with Crippen molar-refractivity contribution in [2.75, 3.05) is 5.32 Å². The van der Waals surface area contributed by atoms with Crippen molar-refractivity contribution in [3.05, 3.63) is 22.3 Å². The van der Waals surface area contributed by atoms with Gasteiger partial charge in [-0.3, -0.25) is 4.79 Å². The maximum Gasteiger partial charge on any atom is 0.242 e. The predicted octanol–water partition coefficient (Wildman–Crippen LogP) is 2.87. The van der Waals surface area contributed by atoms with E-state index in [9.17, 15) is 4.79 Å². The molecule has 1 aromatic rings. The standard InChI is InChI=1S/C13H20BrN3O/c1-8-6-11(15-7-10(8)14)16-9(2)12(18)17-13(3,4)5/h6-7,9H,1-5H3,(H,15,16)(H,17,18). The number of halogens is 1. The van der Waals surface area contributed by atoms with Crippen molar-refractivity contribution in [1.29, 1.82) is 0 Å². The average Bonchev–Trinajstić information content (AvgIpc) is 2.21. The number of hydrogen-bond donors (Lipinski definition) is 2. The molecule has 0 aliphatic rings. The molecule has 18 heavy (non-hydrogen) atoms. The highest BCUT2D eigenvalue weighted by Gasteiger charge is 2.19. The Hall–Kier alpha value is -1.10. The molecule has 0 saturated carbocycles. The number of rotatable bonds is 3. The number of aromatic nitrogens is 1. The van der Waals surface area contributed by atoms with Gasteiger partial charge in [-0.1, -0.05) is 0 Å². The molecule has 1 unspecified atom stereocenters. The van der Waals surface area contributed by atoms with Gasteiger partial charge in [0.2, 0.25) is 5.91 Å². The lowest BCUT2D eigenvalue weighted by Crippen LogP contribution is -2.47. The zero-order valence-corrected chi connectivity index (χ0v) is 13.1. The highest BCUT2D eigenvalue weighted by Crippen LogP contribution is 2.17. The number of pyridine rings is 1. The second-order valence-corrected chi connectivity index (χ2v) is 6.28. The SMILES string of the molecule is Cc1cc(NC(C)C(=O)NC(C)(C)C)ncc1Br. The Balaban J connectivity index is 2.66. The molecule has 0 aromatic carbocycles. The summed E-state index contributed by atoms with van der Waals surface area (Å²) in [6.07, 6.45) is 1.73. The molecule has 1 atom stereocenters. The van der Waals surface area contributed by atoms with E-state index in [1.807, 2.05) is 40.7 Å². The molecular formula is C13H20BrN3O. The van der Waals surface area contributed by atoms with E-state index in [1.54, 1.807) is 6.20 Å². The summed E-state index contributed by atoms with van der Waals surface area (Å²) in [5.41, 5.74) is 0.853. The van der Waals surface area contributed by atoms with Crippen LogP contribution in [0.3, 0.4) is 0 Å². The molecule has 0 spiro atoms. The van der Waals surface area contributed by atoms with Gasteiger partial charge < -0.3 is 10.6 Å². The van der Waals surface area contributed by atoms with E-state index in [2.05, 4.69) is 31.5 Å². The first-order chi connectivity index (χ1) is 8.19. The summed E-state index contributed by atoms with van der Waals surface area (Å²) in [7, 11) is 0. The van der Waals surface area contributed by atoms with Crippen LogP contribution in [-0.4, -0.2) is 22.5 Å². The Morgan fingerprint density at radius 2 is 2.06 bits per heavy atom. The molecule has 0 saturated heterocycles. The molecule has 2 N–H and O–H groups in total. The van der Waals surface area contributed by atoms with Crippen LogP contribution in [0.1, 0.15) is 33.3 Å². The molecule has 1 amide bonds. The lowest BCUT2D eigenvalue weighted by Gasteiger charge is -2.24. The molecule has 0 aliphatic carbocycles. The van der Waals surface area contributed by atoms with Crippen LogP contribution >= 0.6 is 15.9 Å².